The largest absolute Gasteiger partial charge is 0.472 e. The van der Waals surface area contributed by atoms with Gasteiger partial charge in [-0.05, 0) is 37.7 Å². The highest BCUT2D eigenvalue weighted by Crippen LogP contribution is 2.24. The molecule has 2 heterocycles. The maximum Gasteiger partial charge on any atom is 0.254 e. The molecule has 5 heteroatoms. The topological polar surface area (TPSA) is 62.6 Å². The van der Waals surface area contributed by atoms with E-state index in [0.717, 1.165) is 38.8 Å². The van der Waals surface area contributed by atoms with Crippen molar-refractivity contribution in [2.24, 2.45) is 11.8 Å². The first-order valence-corrected chi connectivity index (χ1v) is 7.98. The fourth-order valence-electron chi connectivity index (χ4n) is 3.17. The SMILES string of the molecule is O=C(NCC1CCN(C(=O)C2CC=CC2)CC1)c1ccoc1. The molecule has 0 atom stereocenters. The second-order valence-corrected chi connectivity index (χ2v) is 6.13. The lowest BCUT2D eigenvalue weighted by atomic mass is 9.95. The number of nitrogens with zero attached hydrogens (tertiary/aromatic N) is 1. The van der Waals surface area contributed by atoms with Crippen molar-refractivity contribution in [3.63, 3.8) is 0 Å². The van der Waals surface area contributed by atoms with E-state index in [-0.39, 0.29) is 11.8 Å². The predicted molar refractivity (Wildman–Crippen MR) is 82.2 cm³/mol. The maximum atomic E-state index is 12.3. The van der Waals surface area contributed by atoms with Gasteiger partial charge in [0.05, 0.1) is 11.8 Å². The highest BCUT2D eigenvalue weighted by molar-refractivity contribution is 5.93. The number of allylic oxidation sites excluding steroid dienone is 2. The molecule has 2 amide bonds. The Balaban J connectivity index is 1.40. The summed E-state index contributed by atoms with van der Waals surface area (Å²) in [6.07, 6.45) is 10.8. The Bertz CT molecular complexity index is 534. The molecule has 0 bridgehead atoms. The molecule has 1 N–H and O–H groups in total. The van der Waals surface area contributed by atoms with Crippen molar-refractivity contribution in [3.8, 4) is 0 Å². The lowest BCUT2D eigenvalue weighted by molar-refractivity contribution is -0.136. The fourth-order valence-corrected chi connectivity index (χ4v) is 3.17. The molecule has 2 aliphatic rings. The van der Waals surface area contributed by atoms with Crippen molar-refractivity contribution in [2.75, 3.05) is 19.6 Å². The van der Waals surface area contributed by atoms with Crippen LogP contribution < -0.4 is 5.32 Å². The third-order valence-corrected chi connectivity index (χ3v) is 4.62. The van der Waals surface area contributed by atoms with E-state index in [4.69, 9.17) is 4.42 Å². The molecule has 0 unspecified atom stereocenters. The molecule has 1 aliphatic heterocycles. The molecule has 1 aliphatic carbocycles. The molecular formula is C17H22N2O3. The van der Waals surface area contributed by atoms with E-state index in [1.54, 1.807) is 6.07 Å². The van der Waals surface area contributed by atoms with Gasteiger partial charge in [-0.2, -0.15) is 0 Å². The van der Waals surface area contributed by atoms with E-state index in [2.05, 4.69) is 17.5 Å². The molecule has 1 aromatic rings. The van der Waals surface area contributed by atoms with Crippen molar-refractivity contribution in [1.82, 2.24) is 10.2 Å². The van der Waals surface area contributed by atoms with Gasteiger partial charge in [-0.1, -0.05) is 12.2 Å². The number of nitrogens with one attached hydrogen (secondary N) is 1. The number of carbonyl (C=O) groups is 2. The van der Waals surface area contributed by atoms with Gasteiger partial charge in [0, 0.05) is 25.6 Å². The van der Waals surface area contributed by atoms with Gasteiger partial charge >= 0.3 is 0 Å². The molecule has 5 nitrogen and oxygen atoms in total. The van der Waals surface area contributed by atoms with Crippen LogP contribution in [0.5, 0.6) is 0 Å². The smallest absolute Gasteiger partial charge is 0.254 e. The van der Waals surface area contributed by atoms with E-state index in [1.807, 2.05) is 4.90 Å². The van der Waals surface area contributed by atoms with Gasteiger partial charge in [-0.3, -0.25) is 9.59 Å². The minimum Gasteiger partial charge on any atom is -0.472 e. The van der Waals surface area contributed by atoms with Crippen LogP contribution in [0.4, 0.5) is 0 Å². The number of hydrogen-bond acceptors (Lipinski definition) is 3. The number of amides is 2. The predicted octanol–water partition coefficient (Wildman–Crippen LogP) is 2.21. The van der Waals surface area contributed by atoms with Crippen LogP contribution in [0.15, 0.2) is 35.2 Å². The molecule has 0 aromatic carbocycles. The fraction of sp³-hybridized carbons (Fsp3) is 0.529. The number of hydrogen-bond donors (Lipinski definition) is 1. The molecule has 0 saturated carbocycles. The van der Waals surface area contributed by atoms with Crippen LogP contribution in [0.1, 0.15) is 36.0 Å². The third kappa shape index (κ3) is 3.40. The highest BCUT2D eigenvalue weighted by Gasteiger charge is 2.28. The van der Waals surface area contributed by atoms with Crippen LogP contribution in [0.2, 0.25) is 0 Å². The maximum absolute atomic E-state index is 12.3. The lowest BCUT2D eigenvalue weighted by Crippen LogP contribution is -2.43. The molecule has 3 rings (SSSR count). The Morgan fingerprint density at radius 3 is 2.59 bits per heavy atom. The van der Waals surface area contributed by atoms with Gasteiger partial charge in [0.25, 0.3) is 5.91 Å². The molecule has 22 heavy (non-hydrogen) atoms. The first-order valence-electron chi connectivity index (χ1n) is 7.98. The summed E-state index contributed by atoms with van der Waals surface area (Å²) >= 11 is 0. The zero-order valence-electron chi connectivity index (χ0n) is 12.7. The Morgan fingerprint density at radius 2 is 1.95 bits per heavy atom. The molecule has 1 saturated heterocycles. The number of carbonyl (C=O) groups excluding carboxylic acids is 2. The van der Waals surface area contributed by atoms with E-state index in [9.17, 15) is 9.59 Å². The van der Waals surface area contributed by atoms with E-state index in [1.165, 1.54) is 12.5 Å². The number of likely N-dealkylation sites (tertiary alicyclic amines) is 1. The summed E-state index contributed by atoms with van der Waals surface area (Å²) < 4.78 is 4.91. The summed E-state index contributed by atoms with van der Waals surface area (Å²) in [6.45, 7) is 2.28. The van der Waals surface area contributed by atoms with Gasteiger partial charge in [-0.25, -0.2) is 0 Å². The van der Waals surface area contributed by atoms with Crippen LogP contribution in [-0.4, -0.2) is 36.3 Å². The summed E-state index contributed by atoms with van der Waals surface area (Å²) in [4.78, 5) is 26.2. The summed E-state index contributed by atoms with van der Waals surface area (Å²) in [7, 11) is 0. The summed E-state index contributed by atoms with van der Waals surface area (Å²) in [5.74, 6) is 0.814. The van der Waals surface area contributed by atoms with Crippen molar-refractivity contribution in [1.29, 1.82) is 0 Å². The normalized spacial score (nSPS) is 19.5. The number of furan rings is 1. The number of piperidine rings is 1. The van der Waals surface area contributed by atoms with Crippen molar-refractivity contribution in [3.05, 3.63) is 36.3 Å². The minimum atomic E-state index is -0.0933. The Hall–Kier alpha value is -2.04. The van der Waals surface area contributed by atoms with Gasteiger partial charge in [0.15, 0.2) is 0 Å². The molecule has 118 valence electrons. The van der Waals surface area contributed by atoms with Crippen molar-refractivity contribution in [2.45, 2.75) is 25.7 Å². The van der Waals surface area contributed by atoms with Crippen LogP contribution in [-0.2, 0) is 4.79 Å². The average Bonchev–Trinajstić information content (AvgIpc) is 3.25. The van der Waals surface area contributed by atoms with Gasteiger partial charge in [0.2, 0.25) is 5.91 Å². The first kappa shape index (κ1) is 14.9. The average molecular weight is 302 g/mol. The van der Waals surface area contributed by atoms with Crippen molar-refractivity contribution >= 4 is 11.8 Å². The van der Waals surface area contributed by atoms with Gasteiger partial charge < -0.3 is 14.6 Å². The van der Waals surface area contributed by atoms with Crippen LogP contribution >= 0.6 is 0 Å². The van der Waals surface area contributed by atoms with Gasteiger partial charge in [0.1, 0.15) is 6.26 Å². The Morgan fingerprint density at radius 1 is 1.23 bits per heavy atom. The second kappa shape index (κ2) is 6.81. The van der Waals surface area contributed by atoms with E-state index < -0.39 is 0 Å². The summed E-state index contributed by atoms with van der Waals surface area (Å²) in [5.41, 5.74) is 0.557. The minimum absolute atomic E-state index is 0.0933. The van der Waals surface area contributed by atoms with E-state index in [0.29, 0.717) is 23.9 Å². The molecular weight excluding hydrogens is 280 g/mol. The lowest BCUT2D eigenvalue weighted by Gasteiger charge is -2.33. The van der Waals surface area contributed by atoms with Gasteiger partial charge in [-0.15, -0.1) is 0 Å². The second-order valence-electron chi connectivity index (χ2n) is 6.13. The van der Waals surface area contributed by atoms with E-state index >= 15 is 0 Å². The number of rotatable bonds is 4. The Kier molecular flexibility index (Phi) is 4.61. The zero-order chi connectivity index (χ0) is 15.4. The molecule has 0 spiro atoms. The molecule has 0 radical (unpaired) electrons. The summed E-state index contributed by atoms with van der Waals surface area (Å²) in [5, 5.41) is 2.94. The molecule has 1 fully saturated rings. The Labute approximate surface area is 130 Å². The van der Waals surface area contributed by atoms with Crippen LogP contribution in [0.25, 0.3) is 0 Å². The zero-order valence-corrected chi connectivity index (χ0v) is 12.7. The quantitative estimate of drug-likeness (QED) is 0.867. The highest BCUT2D eigenvalue weighted by atomic mass is 16.3. The van der Waals surface area contributed by atoms with Crippen molar-refractivity contribution < 1.29 is 14.0 Å². The molecule has 1 aromatic heterocycles. The monoisotopic (exact) mass is 302 g/mol. The standard InChI is InChI=1S/C17H22N2O3/c20-16(15-7-10-22-12-15)18-11-13-5-8-19(9-6-13)17(21)14-3-1-2-4-14/h1-2,7,10,12-14H,3-6,8-9,11H2,(H,18,20). The summed E-state index contributed by atoms with van der Waals surface area (Å²) in [6, 6.07) is 1.66. The first-order chi connectivity index (χ1) is 10.7. The van der Waals surface area contributed by atoms with Crippen LogP contribution in [0.3, 0.4) is 0 Å². The van der Waals surface area contributed by atoms with Crippen LogP contribution in [0, 0.1) is 11.8 Å². The third-order valence-electron chi connectivity index (χ3n) is 4.62.